The van der Waals surface area contributed by atoms with Gasteiger partial charge in [-0.3, -0.25) is 0 Å². The maximum absolute atomic E-state index is 13.9. The Balaban J connectivity index is 1.78. The fourth-order valence-electron chi connectivity index (χ4n) is 3.40. The second kappa shape index (κ2) is 7.64. The SMILES string of the molecule is C[C@@H](Nc1nc(C#N)nc2nc(Br)n(Cc3ccc(Cl)c(F)c3)c12)C1CCC1. The zero-order valence-electron chi connectivity index (χ0n) is 15.1. The molecule has 1 atom stereocenters. The molecule has 0 amide bonds. The Labute approximate surface area is 174 Å². The third kappa shape index (κ3) is 3.56. The molecule has 6 nitrogen and oxygen atoms in total. The molecular weight excluding hydrogens is 447 g/mol. The van der Waals surface area contributed by atoms with Crippen LogP contribution in [0, 0.1) is 23.1 Å². The van der Waals surface area contributed by atoms with Gasteiger partial charge >= 0.3 is 0 Å². The van der Waals surface area contributed by atoms with Gasteiger partial charge in [-0.15, -0.1) is 0 Å². The van der Waals surface area contributed by atoms with Crippen molar-refractivity contribution in [3.63, 3.8) is 0 Å². The van der Waals surface area contributed by atoms with Gasteiger partial charge in [0, 0.05) is 6.04 Å². The van der Waals surface area contributed by atoms with E-state index in [2.05, 4.69) is 43.1 Å². The third-order valence-corrected chi connectivity index (χ3v) is 6.11. The van der Waals surface area contributed by atoms with Crippen molar-refractivity contribution in [3.05, 3.63) is 45.2 Å². The molecule has 0 radical (unpaired) electrons. The summed E-state index contributed by atoms with van der Waals surface area (Å²) in [7, 11) is 0. The minimum absolute atomic E-state index is 0.0606. The average molecular weight is 464 g/mol. The first-order chi connectivity index (χ1) is 13.5. The first-order valence-corrected chi connectivity index (χ1v) is 10.2. The maximum atomic E-state index is 13.9. The largest absolute Gasteiger partial charge is 0.365 e. The Kier molecular flexibility index (Phi) is 5.21. The molecule has 144 valence electrons. The van der Waals surface area contributed by atoms with E-state index >= 15 is 0 Å². The number of fused-ring (bicyclic) bond motifs is 1. The van der Waals surface area contributed by atoms with Crippen LogP contribution in [0.2, 0.25) is 5.02 Å². The first-order valence-electron chi connectivity index (χ1n) is 9.00. The molecule has 0 unspecified atom stereocenters. The van der Waals surface area contributed by atoms with Crippen LogP contribution < -0.4 is 5.32 Å². The van der Waals surface area contributed by atoms with Gasteiger partial charge in [0.15, 0.2) is 16.2 Å². The number of halogens is 3. The molecule has 1 saturated carbocycles. The number of benzene rings is 1. The Hall–Kier alpha value is -2.24. The summed E-state index contributed by atoms with van der Waals surface area (Å²) in [6, 6.07) is 6.90. The van der Waals surface area contributed by atoms with E-state index in [1.54, 1.807) is 6.07 Å². The van der Waals surface area contributed by atoms with Gasteiger partial charge in [0.05, 0.1) is 11.6 Å². The molecule has 2 heterocycles. The molecule has 0 aliphatic heterocycles. The fourth-order valence-corrected chi connectivity index (χ4v) is 3.99. The summed E-state index contributed by atoms with van der Waals surface area (Å²) in [5.74, 6) is 0.736. The zero-order chi connectivity index (χ0) is 19.8. The standard InChI is InChI=1S/C19H17BrClFN6/c1-10(12-3-2-4-12)24-17-16-18(26-15(8-23)25-17)27-19(20)28(16)9-11-5-6-13(21)14(22)7-11/h5-7,10,12H,2-4,9H2,1H3,(H,24,25,26)/t10-/m1/s1. The summed E-state index contributed by atoms with van der Waals surface area (Å²) >= 11 is 9.24. The quantitative estimate of drug-likeness (QED) is 0.544. The highest BCUT2D eigenvalue weighted by Gasteiger charge is 2.26. The van der Waals surface area contributed by atoms with Crippen molar-refractivity contribution in [1.29, 1.82) is 5.26 Å². The van der Waals surface area contributed by atoms with Crippen LogP contribution >= 0.6 is 27.5 Å². The lowest BCUT2D eigenvalue weighted by molar-refractivity contribution is 0.285. The number of hydrogen-bond donors (Lipinski definition) is 1. The molecule has 1 aliphatic carbocycles. The highest BCUT2D eigenvalue weighted by Crippen LogP contribution is 2.33. The van der Waals surface area contributed by atoms with Crippen molar-refractivity contribution in [2.75, 3.05) is 5.32 Å². The highest BCUT2D eigenvalue weighted by atomic mass is 79.9. The Bertz CT molecular complexity index is 1090. The minimum atomic E-state index is -0.473. The fraction of sp³-hybridized carbons (Fsp3) is 0.368. The summed E-state index contributed by atoms with van der Waals surface area (Å²) in [6.07, 6.45) is 3.60. The first kappa shape index (κ1) is 19.1. The van der Waals surface area contributed by atoms with Gasteiger partial charge in [0.25, 0.3) is 0 Å². The van der Waals surface area contributed by atoms with E-state index in [4.69, 9.17) is 11.6 Å². The van der Waals surface area contributed by atoms with Gasteiger partial charge in [0.1, 0.15) is 17.4 Å². The number of nitrogens with zero attached hydrogens (tertiary/aromatic N) is 5. The molecule has 28 heavy (non-hydrogen) atoms. The van der Waals surface area contributed by atoms with E-state index in [0.29, 0.717) is 34.2 Å². The molecule has 9 heteroatoms. The van der Waals surface area contributed by atoms with Gasteiger partial charge in [-0.2, -0.15) is 15.2 Å². The smallest absolute Gasteiger partial charge is 0.236 e. The minimum Gasteiger partial charge on any atom is -0.365 e. The summed E-state index contributed by atoms with van der Waals surface area (Å²) in [5.41, 5.74) is 1.81. The van der Waals surface area contributed by atoms with E-state index in [0.717, 1.165) is 5.56 Å². The molecule has 0 spiro atoms. The molecule has 2 aromatic heterocycles. The predicted octanol–water partition coefficient (Wildman–Crippen LogP) is 4.90. The van der Waals surface area contributed by atoms with Crippen LogP contribution in [-0.2, 0) is 6.54 Å². The lowest BCUT2D eigenvalue weighted by atomic mass is 9.80. The van der Waals surface area contributed by atoms with Crippen LogP contribution in [0.3, 0.4) is 0 Å². The van der Waals surface area contributed by atoms with E-state index < -0.39 is 5.82 Å². The van der Waals surface area contributed by atoms with Crippen LogP contribution in [-0.4, -0.2) is 25.6 Å². The van der Waals surface area contributed by atoms with Crippen molar-refractivity contribution in [2.45, 2.75) is 38.8 Å². The highest BCUT2D eigenvalue weighted by molar-refractivity contribution is 9.10. The Morgan fingerprint density at radius 2 is 2.18 bits per heavy atom. The molecule has 1 fully saturated rings. The molecule has 0 bridgehead atoms. The molecule has 3 aromatic rings. The summed E-state index contributed by atoms with van der Waals surface area (Å²) < 4.78 is 16.3. The number of rotatable bonds is 5. The molecule has 0 saturated heterocycles. The molecule has 1 aliphatic rings. The van der Waals surface area contributed by atoms with Gasteiger partial charge in [-0.05, 0) is 59.3 Å². The second-order valence-electron chi connectivity index (χ2n) is 7.02. The third-order valence-electron chi connectivity index (χ3n) is 5.20. The van der Waals surface area contributed by atoms with E-state index in [-0.39, 0.29) is 16.9 Å². The number of anilines is 1. The zero-order valence-corrected chi connectivity index (χ0v) is 17.4. The number of nitriles is 1. The monoisotopic (exact) mass is 462 g/mol. The van der Waals surface area contributed by atoms with Crippen LogP contribution in [0.15, 0.2) is 22.9 Å². The normalized spacial score (nSPS) is 15.2. The Morgan fingerprint density at radius 1 is 1.39 bits per heavy atom. The lowest BCUT2D eigenvalue weighted by Gasteiger charge is -2.32. The number of imidazole rings is 1. The molecular formula is C19H17BrClFN6. The van der Waals surface area contributed by atoms with Crippen LogP contribution in [0.25, 0.3) is 11.2 Å². The van der Waals surface area contributed by atoms with Gasteiger partial charge < -0.3 is 9.88 Å². The summed E-state index contributed by atoms with van der Waals surface area (Å²) in [4.78, 5) is 13.0. The van der Waals surface area contributed by atoms with Crippen molar-refractivity contribution in [1.82, 2.24) is 19.5 Å². The summed E-state index contributed by atoms with van der Waals surface area (Å²) in [5, 5.41) is 12.8. The van der Waals surface area contributed by atoms with Crippen molar-refractivity contribution < 1.29 is 4.39 Å². The number of aromatic nitrogens is 4. The Morgan fingerprint density at radius 3 is 2.82 bits per heavy atom. The van der Waals surface area contributed by atoms with Crippen molar-refractivity contribution >= 4 is 44.5 Å². The predicted molar refractivity (Wildman–Crippen MR) is 109 cm³/mol. The van der Waals surface area contributed by atoms with E-state index in [1.165, 1.54) is 31.4 Å². The van der Waals surface area contributed by atoms with Gasteiger partial charge in [-0.1, -0.05) is 24.1 Å². The number of nitrogens with one attached hydrogen (secondary N) is 1. The summed E-state index contributed by atoms with van der Waals surface area (Å²) in [6.45, 7) is 2.47. The topological polar surface area (TPSA) is 79.4 Å². The molecule has 4 rings (SSSR count). The van der Waals surface area contributed by atoms with Crippen molar-refractivity contribution in [2.24, 2.45) is 5.92 Å². The average Bonchev–Trinajstić information content (AvgIpc) is 2.92. The van der Waals surface area contributed by atoms with Gasteiger partial charge in [0.2, 0.25) is 5.82 Å². The van der Waals surface area contributed by atoms with Crippen LogP contribution in [0.1, 0.15) is 37.6 Å². The van der Waals surface area contributed by atoms with Crippen molar-refractivity contribution in [3.8, 4) is 6.07 Å². The lowest BCUT2D eigenvalue weighted by Crippen LogP contribution is -2.31. The maximum Gasteiger partial charge on any atom is 0.236 e. The second-order valence-corrected chi connectivity index (χ2v) is 8.14. The van der Waals surface area contributed by atoms with Crippen LogP contribution in [0.5, 0.6) is 0 Å². The van der Waals surface area contributed by atoms with Crippen LogP contribution in [0.4, 0.5) is 10.2 Å². The van der Waals surface area contributed by atoms with E-state index in [9.17, 15) is 9.65 Å². The van der Waals surface area contributed by atoms with Gasteiger partial charge in [-0.25, -0.2) is 9.37 Å². The number of hydrogen-bond acceptors (Lipinski definition) is 5. The molecule has 1 N–H and O–H groups in total. The molecule has 1 aromatic carbocycles. The van der Waals surface area contributed by atoms with E-state index in [1.807, 2.05) is 10.6 Å².